The Bertz CT molecular complexity index is 1970. The van der Waals surface area contributed by atoms with Crippen LogP contribution in [0.3, 0.4) is 0 Å². The number of rotatable bonds is 11. The van der Waals surface area contributed by atoms with E-state index in [1.165, 1.54) is 12.1 Å². The molecule has 0 aromatic heterocycles. The lowest BCUT2D eigenvalue weighted by Crippen LogP contribution is -2.51. The van der Waals surface area contributed by atoms with Crippen molar-refractivity contribution < 1.29 is 38.6 Å². The van der Waals surface area contributed by atoms with Crippen molar-refractivity contribution in [1.82, 2.24) is 10.2 Å². The summed E-state index contributed by atoms with van der Waals surface area (Å²) in [7, 11) is 0. The van der Waals surface area contributed by atoms with Crippen molar-refractivity contribution in [2.45, 2.75) is 51.1 Å². The minimum Gasteiger partial charge on any atom is -0.445 e. The summed E-state index contributed by atoms with van der Waals surface area (Å²) in [5.41, 5.74) is 4.63. The number of alkyl carbamates (subject to hydrolysis) is 1. The van der Waals surface area contributed by atoms with Gasteiger partial charge in [-0.2, -0.15) is 0 Å². The van der Waals surface area contributed by atoms with Crippen molar-refractivity contribution >= 4 is 35.0 Å². The van der Waals surface area contributed by atoms with E-state index >= 15 is 0 Å². The maximum Gasteiger partial charge on any atom is 0.408 e. The Balaban J connectivity index is 1.02. The molecular weight excluding hydrogens is 706 g/mol. The molecule has 4 aromatic rings. The number of nitro groups is 1. The molecule has 0 saturated carbocycles. The number of ether oxygens (including phenoxy) is 3. The fourth-order valence-electron chi connectivity index (χ4n) is 7.26. The second kappa shape index (κ2) is 16.8. The summed E-state index contributed by atoms with van der Waals surface area (Å²) in [4.78, 5) is 55.1. The van der Waals surface area contributed by atoms with Crippen LogP contribution in [-0.4, -0.2) is 77.7 Å². The molecule has 3 heterocycles. The summed E-state index contributed by atoms with van der Waals surface area (Å²) in [6.45, 7) is 5.79. The molecule has 14 nitrogen and oxygen atoms in total. The van der Waals surface area contributed by atoms with E-state index in [9.17, 15) is 29.6 Å². The normalized spacial score (nSPS) is 23.1. The molecule has 3 saturated heterocycles. The molecule has 3 fully saturated rings. The minimum atomic E-state index is -1.04. The lowest BCUT2D eigenvalue weighted by Gasteiger charge is -2.44. The van der Waals surface area contributed by atoms with Crippen molar-refractivity contribution in [3.05, 3.63) is 135 Å². The number of carbonyl (C=O) groups excluding carboxylic acids is 3. The number of non-ortho nitro benzene ring substituents is 1. The molecule has 286 valence electrons. The maximum absolute atomic E-state index is 13.3. The van der Waals surface area contributed by atoms with Crippen LogP contribution < -0.4 is 15.1 Å². The highest BCUT2D eigenvalue weighted by atomic mass is 16.7. The largest absolute Gasteiger partial charge is 0.445 e. The predicted molar refractivity (Wildman–Crippen MR) is 202 cm³/mol. The molecule has 3 aliphatic rings. The third-order valence-corrected chi connectivity index (χ3v) is 10.4. The highest BCUT2D eigenvalue weighted by Gasteiger charge is 2.42. The van der Waals surface area contributed by atoms with Gasteiger partial charge in [0.2, 0.25) is 5.91 Å². The Morgan fingerprint density at radius 1 is 0.855 bits per heavy atom. The Hall–Kier alpha value is -5.67. The van der Waals surface area contributed by atoms with E-state index in [1.54, 1.807) is 36.4 Å². The molecule has 3 aliphatic heterocycles. The molecule has 0 aliphatic carbocycles. The minimum absolute atomic E-state index is 0.0351. The zero-order chi connectivity index (χ0) is 38.5. The van der Waals surface area contributed by atoms with Gasteiger partial charge in [0, 0.05) is 62.0 Å². The molecule has 3 amide bonds. The Morgan fingerprint density at radius 2 is 1.51 bits per heavy atom. The lowest BCUT2D eigenvalue weighted by molar-refractivity contribution is -0.384. The number of aliphatic hydroxyl groups excluding tert-OH is 1. The first-order valence-corrected chi connectivity index (χ1v) is 18.3. The molecule has 5 unspecified atom stereocenters. The zero-order valence-electron chi connectivity index (χ0n) is 30.4. The molecule has 0 radical (unpaired) electrons. The van der Waals surface area contributed by atoms with E-state index in [0.29, 0.717) is 17.8 Å². The van der Waals surface area contributed by atoms with Crippen LogP contribution in [0.1, 0.15) is 48.0 Å². The number of benzene rings is 4. The highest BCUT2D eigenvalue weighted by molar-refractivity contribution is 6.22. The van der Waals surface area contributed by atoms with Crippen LogP contribution in [0, 0.1) is 16.0 Å². The number of anilines is 2. The topological polar surface area (TPSA) is 164 Å². The molecule has 14 heteroatoms. The maximum atomic E-state index is 13.3. The van der Waals surface area contributed by atoms with E-state index in [4.69, 9.17) is 14.2 Å². The molecule has 0 spiro atoms. The Kier molecular flexibility index (Phi) is 11.5. The van der Waals surface area contributed by atoms with Gasteiger partial charge in [-0.05, 0) is 41.0 Å². The number of imide groups is 1. The van der Waals surface area contributed by atoms with E-state index in [1.807, 2.05) is 54.6 Å². The summed E-state index contributed by atoms with van der Waals surface area (Å²) in [5.74, 6) is -1.02. The van der Waals surface area contributed by atoms with Gasteiger partial charge in [-0.1, -0.05) is 73.7 Å². The summed E-state index contributed by atoms with van der Waals surface area (Å²) >= 11 is 0. The molecular formula is C41H43N5O9. The number of hydrogen-bond donors (Lipinski definition) is 2. The van der Waals surface area contributed by atoms with Crippen molar-refractivity contribution in [2.24, 2.45) is 5.92 Å². The number of hydrogen-bond acceptors (Lipinski definition) is 11. The van der Waals surface area contributed by atoms with Gasteiger partial charge in [0.15, 0.2) is 6.29 Å². The van der Waals surface area contributed by atoms with Gasteiger partial charge in [0.1, 0.15) is 12.6 Å². The van der Waals surface area contributed by atoms with Gasteiger partial charge in [-0.25, -0.2) is 9.69 Å². The molecule has 7 rings (SSSR count). The number of aliphatic hydroxyl groups is 1. The average Bonchev–Trinajstić information content (AvgIpc) is 3.49. The van der Waals surface area contributed by atoms with Crippen LogP contribution in [0.2, 0.25) is 0 Å². The van der Waals surface area contributed by atoms with Crippen LogP contribution in [0.15, 0.2) is 103 Å². The summed E-state index contributed by atoms with van der Waals surface area (Å²) in [5, 5.41) is 23.2. The van der Waals surface area contributed by atoms with Gasteiger partial charge >= 0.3 is 6.09 Å². The number of piperazine rings is 1. The first-order valence-electron chi connectivity index (χ1n) is 18.3. The van der Waals surface area contributed by atoms with Gasteiger partial charge in [0.25, 0.3) is 11.6 Å². The number of amides is 3. The van der Waals surface area contributed by atoms with E-state index < -0.39 is 35.2 Å². The van der Waals surface area contributed by atoms with Crippen molar-refractivity contribution in [3.63, 3.8) is 0 Å². The van der Waals surface area contributed by atoms with Gasteiger partial charge in [-0.15, -0.1) is 0 Å². The van der Waals surface area contributed by atoms with Crippen molar-refractivity contribution in [3.8, 4) is 0 Å². The SMILES string of the molecule is CC1C(CN2CCN(c3ccc([N+](=O)[O-])cc3)CC2)OC(c2ccc(N3C(=O)CC(NC(=O)OCc4ccccc4)C3=O)cc2)OC1c1ccc(CO)cc1. The fourth-order valence-corrected chi connectivity index (χ4v) is 7.26. The number of nitrogens with one attached hydrogen (secondary N) is 1. The predicted octanol–water partition coefficient (Wildman–Crippen LogP) is 5.26. The molecule has 0 bridgehead atoms. The second-order valence-electron chi connectivity index (χ2n) is 14.0. The highest BCUT2D eigenvalue weighted by Crippen LogP contribution is 2.42. The van der Waals surface area contributed by atoms with E-state index in [-0.39, 0.29) is 43.4 Å². The smallest absolute Gasteiger partial charge is 0.408 e. The fraction of sp³-hybridized carbons (Fsp3) is 0.341. The van der Waals surface area contributed by atoms with Crippen molar-refractivity contribution in [2.75, 3.05) is 42.5 Å². The monoisotopic (exact) mass is 749 g/mol. The zero-order valence-corrected chi connectivity index (χ0v) is 30.4. The van der Waals surface area contributed by atoms with Gasteiger partial charge in [0.05, 0.1) is 35.8 Å². The summed E-state index contributed by atoms with van der Waals surface area (Å²) < 4.78 is 18.5. The number of nitro benzene ring substituents is 1. The third-order valence-electron chi connectivity index (χ3n) is 10.4. The molecule has 5 atom stereocenters. The second-order valence-corrected chi connectivity index (χ2v) is 14.0. The quantitative estimate of drug-likeness (QED) is 0.117. The van der Waals surface area contributed by atoms with E-state index in [0.717, 1.165) is 53.5 Å². The number of nitrogens with zero attached hydrogens (tertiary/aromatic N) is 4. The van der Waals surface area contributed by atoms with Crippen LogP contribution in [-0.2, 0) is 37.0 Å². The Morgan fingerprint density at radius 3 is 2.16 bits per heavy atom. The summed E-state index contributed by atoms with van der Waals surface area (Å²) in [6, 6.07) is 29.3. The van der Waals surface area contributed by atoms with Crippen LogP contribution in [0.25, 0.3) is 0 Å². The van der Waals surface area contributed by atoms with Crippen LogP contribution in [0.4, 0.5) is 21.9 Å². The third kappa shape index (κ3) is 8.68. The van der Waals surface area contributed by atoms with Gasteiger partial charge in [-0.3, -0.25) is 24.6 Å². The Labute approximate surface area is 318 Å². The molecule has 55 heavy (non-hydrogen) atoms. The summed E-state index contributed by atoms with van der Waals surface area (Å²) in [6.07, 6.45) is -2.27. The lowest BCUT2D eigenvalue weighted by atomic mass is 9.90. The number of carbonyl (C=O) groups is 3. The molecule has 2 N–H and O–H groups in total. The molecule has 4 aromatic carbocycles. The first kappa shape index (κ1) is 37.6. The van der Waals surface area contributed by atoms with Crippen LogP contribution in [0.5, 0.6) is 0 Å². The standard InChI is InChI=1S/C41H43N5O9/c1-27-36(24-43-19-21-44(22-20-43)32-15-17-34(18-16-32)46(51)52)54-40(55-38(27)30-9-7-28(25-47)8-10-30)31-11-13-33(14-12-31)45-37(48)23-35(39(45)49)42-41(50)53-26-29-5-3-2-4-6-29/h2-18,27,35-36,38,40,47H,19-26H2,1H3,(H,42,50). The first-order chi connectivity index (χ1) is 26.7. The van der Waals surface area contributed by atoms with Crippen LogP contribution >= 0.6 is 0 Å². The van der Waals surface area contributed by atoms with E-state index in [2.05, 4.69) is 22.0 Å². The average molecular weight is 750 g/mol. The van der Waals surface area contributed by atoms with Gasteiger partial charge < -0.3 is 29.5 Å². The van der Waals surface area contributed by atoms with Crippen molar-refractivity contribution in [1.29, 1.82) is 0 Å².